The number of hydrogen-bond acceptors (Lipinski definition) is 5. The average Bonchev–Trinajstić information content (AvgIpc) is 3.25. The predicted molar refractivity (Wildman–Crippen MR) is 126 cm³/mol. The molecule has 3 aromatic rings. The van der Waals surface area contributed by atoms with E-state index in [2.05, 4.69) is 17.2 Å². The van der Waals surface area contributed by atoms with Crippen LogP contribution in [0.3, 0.4) is 0 Å². The number of hydrogen-bond donors (Lipinski definition) is 0. The number of ether oxygens (including phenoxy) is 3. The van der Waals surface area contributed by atoms with Gasteiger partial charge in [-0.2, -0.15) is 5.10 Å². The Hall–Kier alpha value is -3.32. The molecule has 0 radical (unpaired) electrons. The normalized spacial score (nSPS) is 16.0. The Morgan fingerprint density at radius 2 is 1.91 bits per heavy atom. The maximum absolute atomic E-state index is 13.4. The summed E-state index contributed by atoms with van der Waals surface area (Å²) in [5.41, 5.74) is 3.19. The smallest absolute Gasteiger partial charge is 0.272 e. The van der Waals surface area contributed by atoms with Gasteiger partial charge in [-0.15, -0.1) is 0 Å². The first-order valence-electron chi connectivity index (χ1n) is 11.3. The van der Waals surface area contributed by atoms with Crippen LogP contribution in [-0.4, -0.2) is 54.5 Å². The van der Waals surface area contributed by atoms with Gasteiger partial charge in [-0.1, -0.05) is 30.3 Å². The van der Waals surface area contributed by atoms with Gasteiger partial charge in [-0.05, 0) is 48.6 Å². The number of benzene rings is 2. The lowest BCUT2D eigenvalue weighted by atomic mass is 9.98. The van der Waals surface area contributed by atoms with E-state index in [0.717, 1.165) is 30.5 Å². The minimum atomic E-state index is -0.00845. The quantitative estimate of drug-likeness (QED) is 0.516. The maximum atomic E-state index is 13.4. The molecule has 2 aromatic carbocycles. The molecule has 33 heavy (non-hydrogen) atoms. The van der Waals surface area contributed by atoms with Crippen molar-refractivity contribution in [2.45, 2.75) is 19.4 Å². The molecule has 0 aliphatic carbocycles. The molecule has 1 aliphatic heterocycles. The predicted octanol–water partition coefficient (Wildman–Crippen LogP) is 4.17. The molecule has 1 fully saturated rings. The Bertz CT molecular complexity index is 1080. The Labute approximate surface area is 194 Å². The number of methoxy groups -OCH3 is 2. The van der Waals surface area contributed by atoms with Gasteiger partial charge in [0.05, 0.1) is 33.1 Å². The van der Waals surface area contributed by atoms with Crippen LogP contribution in [0.15, 0.2) is 54.6 Å². The summed E-state index contributed by atoms with van der Waals surface area (Å²) >= 11 is 0. The van der Waals surface area contributed by atoms with Crippen molar-refractivity contribution >= 4 is 5.91 Å². The zero-order valence-electron chi connectivity index (χ0n) is 19.5. The van der Waals surface area contributed by atoms with Gasteiger partial charge in [0, 0.05) is 25.7 Å². The fraction of sp³-hybridized carbons (Fsp3) is 0.385. The molecule has 1 aliphatic rings. The molecule has 174 valence electrons. The van der Waals surface area contributed by atoms with Crippen LogP contribution < -0.4 is 9.47 Å². The highest BCUT2D eigenvalue weighted by Crippen LogP contribution is 2.33. The van der Waals surface area contributed by atoms with Crippen molar-refractivity contribution in [2.24, 2.45) is 13.0 Å². The molecule has 1 unspecified atom stereocenters. The Balaban J connectivity index is 1.43. The highest BCUT2D eigenvalue weighted by molar-refractivity contribution is 5.94. The van der Waals surface area contributed by atoms with Gasteiger partial charge in [0.1, 0.15) is 17.2 Å². The monoisotopic (exact) mass is 449 g/mol. The van der Waals surface area contributed by atoms with Crippen molar-refractivity contribution in [3.8, 4) is 22.8 Å². The molecule has 0 N–H and O–H groups in total. The van der Waals surface area contributed by atoms with Crippen molar-refractivity contribution in [1.82, 2.24) is 14.7 Å². The van der Waals surface area contributed by atoms with E-state index in [4.69, 9.17) is 14.2 Å². The van der Waals surface area contributed by atoms with E-state index >= 15 is 0 Å². The molecule has 2 heterocycles. The number of aromatic nitrogens is 2. The van der Waals surface area contributed by atoms with E-state index in [1.54, 1.807) is 25.9 Å². The van der Waals surface area contributed by atoms with Crippen LogP contribution in [0.4, 0.5) is 0 Å². The van der Waals surface area contributed by atoms with Gasteiger partial charge in [-0.25, -0.2) is 0 Å². The second-order valence-electron chi connectivity index (χ2n) is 8.36. The van der Waals surface area contributed by atoms with Gasteiger partial charge >= 0.3 is 0 Å². The van der Waals surface area contributed by atoms with Crippen LogP contribution in [0.2, 0.25) is 0 Å². The van der Waals surface area contributed by atoms with E-state index in [0.29, 0.717) is 48.6 Å². The number of amides is 1. The summed E-state index contributed by atoms with van der Waals surface area (Å²) in [5, 5.41) is 4.59. The largest absolute Gasteiger partial charge is 0.497 e. The van der Waals surface area contributed by atoms with E-state index in [1.165, 1.54) is 0 Å². The van der Waals surface area contributed by atoms with Crippen molar-refractivity contribution in [3.63, 3.8) is 0 Å². The summed E-state index contributed by atoms with van der Waals surface area (Å²) in [6.07, 6.45) is 2.04. The number of piperidine rings is 1. The molecule has 0 bridgehead atoms. The maximum Gasteiger partial charge on any atom is 0.272 e. The minimum absolute atomic E-state index is 0.00845. The van der Waals surface area contributed by atoms with Crippen LogP contribution in [0.5, 0.6) is 11.5 Å². The lowest BCUT2D eigenvalue weighted by Gasteiger charge is -2.32. The summed E-state index contributed by atoms with van der Waals surface area (Å²) in [7, 11) is 5.04. The second-order valence-corrected chi connectivity index (χ2v) is 8.36. The molecule has 1 atom stereocenters. The fourth-order valence-corrected chi connectivity index (χ4v) is 4.28. The van der Waals surface area contributed by atoms with Crippen molar-refractivity contribution in [2.75, 3.05) is 33.9 Å². The molecular weight excluding hydrogens is 418 g/mol. The first kappa shape index (κ1) is 22.9. The highest BCUT2D eigenvalue weighted by atomic mass is 16.5. The highest BCUT2D eigenvalue weighted by Gasteiger charge is 2.27. The van der Waals surface area contributed by atoms with E-state index in [1.807, 2.05) is 47.4 Å². The van der Waals surface area contributed by atoms with E-state index in [9.17, 15) is 4.79 Å². The van der Waals surface area contributed by atoms with Crippen LogP contribution in [0.1, 0.15) is 28.9 Å². The van der Waals surface area contributed by atoms with E-state index in [-0.39, 0.29) is 5.91 Å². The van der Waals surface area contributed by atoms with Gasteiger partial charge in [0.15, 0.2) is 0 Å². The fourth-order valence-electron chi connectivity index (χ4n) is 4.28. The molecule has 7 heteroatoms. The Morgan fingerprint density at radius 1 is 1.09 bits per heavy atom. The number of rotatable bonds is 8. The summed E-state index contributed by atoms with van der Waals surface area (Å²) in [4.78, 5) is 15.3. The SMILES string of the molecule is COc1ccc(OC)c(-c2cc(C(=O)N3CCCC(COCc4ccccc4)C3)n(C)n2)c1. The van der Waals surface area contributed by atoms with Crippen LogP contribution in [-0.2, 0) is 18.4 Å². The van der Waals surface area contributed by atoms with Gasteiger partial charge in [-0.3, -0.25) is 9.48 Å². The van der Waals surface area contributed by atoms with Crippen LogP contribution in [0, 0.1) is 5.92 Å². The molecule has 4 rings (SSSR count). The second kappa shape index (κ2) is 10.5. The molecule has 1 aromatic heterocycles. The first-order valence-corrected chi connectivity index (χ1v) is 11.3. The Morgan fingerprint density at radius 3 is 2.67 bits per heavy atom. The van der Waals surface area contributed by atoms with Gasteiger partial charge in [0.25, 0.3) is 5.91 Å². The van der Waals surface area contributed by atoms with Gasteiger partial charge in [0.2, 0.25) is 0 Å². The standard InChI is InChI=1S/C26H31N3O4/c1-28-24(15-23(27-28)22-14-21(31-2)11-12-25(22)32-3)26(30)29-13-7-10-20(16-29)18-33-17-19-8-5-4-6-9-19/h4-6,8-9,11-12,14-15,20H,7,10,13,16-18H2,1-3H3. The van der Waals surface area contributed by atoms with Gasteiger partial charge < -0.3 is 19.1 Å². The average molecular weight is 450 g/mol. The number of nitrogens with zero attached hydrogens (tertiary/aromatic N) is 3. The summed E-state index contributed by atoms with van der Waals surface area (Å²) in [5.74, 6) is 1.71. The molecule has 0 spiro atoms. The van der Waals surface area contributed by atoms with Crippen molar-refractivity contribution in [3.05, 3.63) is 65.9 Å². The van der Waals surface area contributed by atoms with Crippen LogP contribution >= 0.6 is 0 Å². The minimum Gasteiger partial charge on any atom is -0.497 e. The number of carbonyl (C=O) groups excluding carboxylic acids is 1. The molecule has 7 nitrogen and oxygen atoms in total. The van der Waals surface area contributed by atoms with Crippen LogP contribution in [0.25, 0.3) is 11.3 Å². The zero-order valence-corrected chi connectivity index (χ0v) is 19.5. The third-order valence-electron chi connectivity index (χ3n) is 6.05. The molecule has 1 amide bonds. The first-order chi connectivity index (χ1) is 16.1. The van der Waals surface area contributed by atoms with Crippen molar-refractivity contribution in [1.29, 1.82) is 0 Å². The molecular formula is C26H31N3O4. The third kappa shape index (κ3) is 5.37. The van der Waals surface area contributed by atoms with Crippen molar-refractivity contribution < 1.29 is 19.0 Å². The third-order valence-corrected chi connectivity index (χ3v) is 6.05. The molecule has 0 saturated carbocycles. The summed E-state index contributed by atoms with van der Waals surface area (Å²) in [6.45, 7) is 2.68. The topological polar surface area (TPSA) is 65.8 Å². The summed E-state index contributed by atoms with van der Waals surface area (Å²) in [6, 6.07) is 17.5. The summed E-state index contributed by atoms with van der Waals surface area (Å²) < 4.78 is 18.4. The Kier molecular flexibility index (Phi) is 7.29. The number of likely N-dealkylation sites (tertiary alicyclic amines) is 1. The van der Waals surface area contributed by atoms with E-state index < -0.39 is 0 Å². The molecule has 1 saturated heterocycles. The lowest BCUT2D eigenvalue weighted by Crippen LogP contribution is -2.41. The number of aryl methyl sites for hydroxylation is 1. The zero-order chi connectivity index (χ0) is 23.2. The lowest BCUT2D eigenvalue weighted by molar-refractivity contribution is 0.0419. The number of carbonyl (C=O) groups is 1.